The van der Waals surface area contributed by atoms with Crippen molar-refractivity contribution in [3.8, 4) is 0 Å². The first-order valence-electron chi connectivity index (χ1n) is 10.5. The van der Waals surface area contributed by atoms with Crippen LogP contribution in [0.25, 0.3) is 0 Å². The van der Waals surface area contributed by atoms with Crippen LogP contribution in [0.2, 0.25) is 0 Å². The van der Waals surface area contributed by atoms with Crippen LogP contribution in [0.1, 0.15) is 54.2 Å². The van der Waals surface area contributed by atoms with Gasteiger partial charge in [-0.15, -0.1) is 0 Å². The van der Waals surface area contributed by atoms with Crippen LogP contribution in [-0.4, -0.2) is 52.5 Å². The molecule has 1 aromatic heterocycles. The number of aromatic nitrogens is 1. The minimum Gasteiger partial charge on any atom is -0.391 e. The number of hydrogen-bond acceptors (Lipinski definition) is 4. The number of rotatable bonds is 5. The van der Waals surface area contributed by atoms with Crippen LogP contribution in [0, 0.1) is 6.92 Å². The summed E-state index contributed by atoms with van der Waals surface area (Å²) in [6, 6.07) is 13.5. The number of carbonyl (C=O) groups excluding carboxylic acids is 2. The fraction of sp³-hybridized carbons (Fsp3) is 0.458. The number of hydrogen-bond donors (Lipinski definition) is 2. The molecule has 0 aliphatic heterocycles. The van der Waals surface area contributed by atoms with Crippen molar-refractivity contribution in [1.82, 2.24) is 15.2 Å². The van der Waals surface area contributed by atoms with Crippen molar-refractivity contribution in [2.24, 2.45) is 0 Å². The van der Waals surface area contributed by atoms with Crippen molar-refractivity contribution in [2.45, 2.75) is 57.1 Å². The largest absolute Gasteiger partial charge is 0.391 e. The Labute approximate surface area is 178 Å². The summed E-state index contributed by atoms with van der Waals surface area (Å²) >= 11 is 0. The lowest BCUT2D eigenvalue weighted by Crippen LogP contribution is -2.44. The van der Waals surface area contributed by atoms with Gasteiger partial charge in [-0.05, 0) is 50.3 Å². The second-order valence-corrected chi connectivity index (χ2v) is 8.37. The van der Waals surface area contributed by atoms with Crippen LogP contribution < -0.4 is 5.32 Å². The third-order valence-corrected chi connectivity index (χ3v) is 6.32. The van der Waals surface area contributed by atoms with Crippen molar-refractivity contribution in [2.75, 3.05) is 13.6 Å². The number of likely N-dealkylation sites (N-methyl/N-ethyl adjacent to an activating group) is 1. The summed E-state index contributed by atoms with van der Waals surface area (Å²) in [5.41, 5.74) is 2.27. The monoisotopic (exact) mass is 409 g/mol. The molecule has 3 atom stereocenters. The Balaban J connectivity index is 1.82. The zero-order chi connectivity index (χ0) is 21.7. The number of benzene rings is 1. The highest BCUT2D eigenvalue weighted by molar-refractivity contribution is 5.94. The first-order valence-corrected chi connectivity index (χ1v) is 10.5. The van der Waals surface area contributed by atoms with Crippen LogP contribution in [0.4, 0.5) is 0 Å². The van der Waals surface area contributed by atoms with Crippen molar-refractivity contribution in [1.29, 1.82) is 0 Å². The van der Waals surface area contributed by atoms with Crippen molar-refractivity contribution in [3.05, 3.63) is 65.5 Å². The van der Waals surface area contributed by atoms with Gasteiger partial charge in [0.1, 0.15) is 0 Å². The van der Waals surface area contributed by atoms with E-state index < -0.39 is 6.10 Å². The van der Waals surface area contributed by atoms with E-state index in [-0.39, 0.29) is 23.3 Å². The highest BCUT2D eigenvalue weighted by atomic mass is 16.3. The molecule has 6 heteroatoms. The number of nitrogens with one attached hydrogen (secondary N) is 1. The van der Waals surface area contributed by atoms with Crippen molar-refractivity contribution < 1.29 is 14.7 Å². The average Bonchev–Trinajstić information content (AvgIpc) is 2.92. The number of aryl methyl sites for hydroxylation is 1. The van der Waals surface area contributed by atoms with E-state index in [4.69, 9.17) is 0 Å². The molecule has 0 unspecified atom stereocenters. The molecule has 30 heavy (non-hydrogen) atoms. The molecule has 1 aliphatic carbocycles. The normalized spacial score (nSPS) is 24.0. The summed E-state index contributed by atoms with van der Waals surface area (Å²) in [4.78, 5) is 30.5. The van der Waals surface area contributed by atoms with Gasteiger partial charge in [-0.1, -0.05) is 30.3 Å². The summed E-state index contributed by atoms with van der Waals surface area (Å²) in [6.07, 6.45) is 3.68. The molecule has 1 heterocycles. The van der Waals surface area contributed by atoms with E-state index in [0.717, 1.165) is 24.1 Å². The van der Waals surface area contributed by atoms with E-state index in [0.29, 0.717) is 24.9 Å². The topological polar surface area (TPSA) is 82.5 Å². The summed E-state index contributed by atoms with van der Waals surface area (Å²) in [7, 11) is 1.75. The van der Waals surface area contributed by atoms with Gasteiger partial charge in [-0.3, -0.25) is 14.6 Å². The van der Waals surface area contributed by atoms with E-state index in [2.05, 4.69) is 22.4 Å². The number of nitrogens with zero attached hydrogens (tertiary/aromatic N) is 2. The molecule has 160 valence electrons. The minimum atomic E-state index is -0.625. The summed E-state index contributed by atoms with van der Waals surface area (Å²) in [5.74, 6) is -0.202. The highest BCUT2D eigenvalue weighted by Gasteiger charge is 2.40. The molecule has 2 amide bonds. The molecule has 0 radical (unpaired) electrons. The molecular formula is C24H31N3O3. The molecule has 0 bridgehead atoms. The van der Waals surface area contributed by atoms with Gasteiger partial charge in [0.25, 0.3) is 5.91 Å². The number of aliphatic hydroxyl groups excluding tert-OH is 1. The number of pyridine rings is 1. The summed E-state index contributed by atoms with van der Waals surface area (Å²) in [6.45, 7) is 3.92. The average molecular weight is 410 g/mol. The second kappa shape index (κ2) is 9.39. The third-order valence-electron chi connectivity index (χ3n) is 6.32. The molecule has 6 nitrogen and oxygen atoms in total. The first-order chi connectivity index (χ1) is 14.3. The van der Waals surface area contributed by atoms with Crippen LogP contribution in [0.5, 0.6) is 0 Å². The molecule has 1 aliphatic rings. The van der Waals surface area contributed by atoms with E-state index in [1.165, 1.54) is 6.92 Å². The van der Waals surface area contributed by atoms with Gasteiger partial charge < -0.3 is 15.3 Å². The van der Waals surface area contributed by atoms with Crippen molar-refractivity contribution in [3.63, 3.8) is 0 Å². The molecule has 3 rings (SSSR count). The fourth-order valence-electron chi connectivity index (χ4n) is 4.41. The van der Waals surface area contributed by atoms with Crippen LogP contribution in [0.15, 0.2) is 48.7 Å². The zero-order valence-electron chi connectivity index (χ0n) is 18.0. The lowest BCUT2D eigenvalue weighted by atomic mass is 9.74. The second-order valence-electron chi connectivity index (χ2n) is 8.37. The molecule has 0 saturated heterocycles. The van der Waals surface area contributed by atoms with Gasteiger partial charge in [0, 0.05) is 37.8 Å². The Morgan fingerprint density at radius 2 is 1.87 bits per heavy atom. The summed E-state index contributed by atoms with van der Waals surface area (Å²) in [5, 5.41) is 13.9. The van der Waals surface area contributed by atoms with Gasteiger partial charge >= 0.3 is 0 Å². The summed E-state index contributed by atoms with van der Waals surface area (Å²) < 4.78 is 0. The fourth-order valence-corrected chi connectivity index (χ4v) is 4.41. The first kappa shape index (κ1) is 22.0. The number of amides is 2. The maximum absolute atomic E-state index is 13.0. The molecule has 2 N–H and O–H groups in total. The van der Waals surface area contributed by atoms with E-state index >= 15 is 0 Å². The lowest BCUT2D eigenvalue weighted by molar-refractivity contribution is -0.119. The Kier molecular flexibility index (Phi) is 6.87. The molecule has 2 aromatic rings. The molecule has 1 aromatic carbocycles. The van der Waals surface area contributed by atoms with E-state index in [9.17, 15) is 14.7 Å². The van der Waals surface area contributed by atoms with Crippen LogP contribution in [0.3, 0.4) is 0 Å². The molecule has 0 spiro atoms. The molecular weight excluding hydrogens is 378 g/mol. The predicted molar refractivity (Wildman–Crippen MR) is 116 cm³/mol. The smallest absolute Gasteiger partial charge is 0.255 e. The maximum atomic E-state index is 13.0. The Morgan fingerprint density at radius 1 is 1.17 bits per heavy atom. The maximum Gasteiger partial charge on any atom is 0.255 e. The zero-order valence-corrected chi connectivity index (χ0v) is 18.0. The van der Waals surface area contributed by atoms with Gasteiger partial charge in [-0.25, -0.2) is 0 Å². The van der Waals surface area contributed by atoms with Gasteiger partial charge in [0.2, 0.25) is 5.91 Å². The van der Waals surface area contributed by atoms with Crippen LogP contribution >= 0.6 is 0 Å². The molecule has 1 fully saturated rings. The third kappa shape index (κ3) is 4.87. The van der Waals surface area contributed by atoms with Gasteiger partial charge in [-0.2, -0.15) is 0 Å². The lowest BCUT2D eigenvalue weighted by Gasteiger charge is -2.34. The Bertz CT molecular complexity index is 869. The minimum absolute atomic E-state index is 0.0641. The highest BCUT2D eigenvalue weighted by Crippen LogP contribution is 2.39. The number of carbonyl (C=O) groups is 2. The predicted octanol–water partition coefficient (Wildman–Crippen LogP) is 2.84. The Morgan fingerprint density at radius 3 is 2.50 bits per heavy atom. The van der Waals surface area contributed by atoms with Gasteiger partial charge in [0.05, 0.1) is 17.7 Å². The van der Waals surface area contributed by atoms with E-state index in [1.54, 1.807) is 24.2 Å². The standard InChI is InChI=1S/C24H31N3O3/c1-17-9-10-19(15-25-17)23(30)27(3)21-11-13-24(14-12-22(21)29,16-26-18(2)28)20-7-5-4-6-8-20/h4-10,15,21-22,29H,11-14,16H2,1-3H3,(H,26,28)/t21-,22-,24-/m1/s1. The number of aliphatic hydroxyl groups is 1. The van der Waals surface area contributed by atoms with Crippen LogP contribution in [-0.2, 0) is 10.2 Å². The van der Waals surface area contributed by atoms with Crippen molar-refractivity contribution >= 4 is 11.8 Å². The van der Waals surface area contributed by atoms with E-state index in [1.807, 2.05) is 31.2 Å². The molecule has 1 saturated carbocycles. The Hall–Kier alpha value is -2.73. The quantitative estimate of drug-likeness (QED) is 0.744. The van der Waals surface area contributed by atoms with Gasteiger partial charge in [0.15, 0.2) is 0 Å². The SMILES string of the molecule is CC(=O)NC[C@]1(c2ccccc2)CC[C@@H](O)[C@H](N(C)C(=O)c2ccc(C)nc2)CC1.